The van der Waals surface area contributed by atoms with Gasteiger partial charge in [0.15, 0.2) is 0 Å². The molecule has 0 radical (unpaired) electrons. The summed E-state index contributed by atoms with van der Waals surface area (Å²) in [5.41, 5.74) is 11.8. The number of para-hydroxylation sites is 2. The number of benzene rings is 7. The molecule has 2 nitrogen and oxygen atoms in total. The minimum absolute atomic E-state index is 0.0242. The molecule has 9 rings (SSSR count). The van der Waals surface area contributed by atoms with Crippen LogP contribution >= 0.6 is 0 Å². The number of hydrogen-bond acceptors (Lipinski definition) is 2. The van der Waals surface area contributed by atoms with Gasteiger partial charge in [-0.1, -0.05) is 163 Å². The Balaban J connectivity index is 1.32. The highest BCUT2D eigenvalue weighted by Gasteiger charge is 2.42. The molecule has 0 atom stereocenters. The maximum atomic E-state index is 7.01. The van der Waals surface area contributed by atoms with Gasteiger partial charge in [-0.2, -0.15) is 0 Å². The standard InChI is InChI=1S/C42H28B2O2/c1-3-15-29(16-4-1)31-19-7-9-21-33(31)43-35-23-11-14-26-39(35)46-42-37(43)27-28-40-41(42)44(36-24-12-13-25-38(36)45-40)34-22-10-8-20-32(34)30-17-5-2-6-18-30/h1-28H. The van der Waals surface area contributed by atoms with Crippen molar-refractivity contribution in [3.8, 4) is 45.3 Å². The van der Waals surface area contributed by atoms with Gasteiger partial charge in [0.25, 0.3) is 13.4 Å². The van der Waals surface area contributed by atoms with E-state index < -0.39 is 0 Å². The summed E-state index contributed by atoms with van der Waals surface area (Å²) in [7, 11) is 0. The molecule has 0 fully saturated rings. The third kappa shape index (κ3) is 4.29. The fourth-order valence-corrected chi connectivity index (χ4v) is 7.39. The van der Waals surface area contributed by atoms with E-state index in [1.807, 2.05) is 6.07 Å². The summed E-state index contributed by atoms with van der Waals surface area (Å²) < 4.78 is 13.7. The van der Waals surface area contributed by atoms with Crippen LogP contribution < -0.4 is 42.3 Å². The zero-order valence-electron chi connectivity index (χ0n) is 25.1. The number of rotatable bonds is 4. The van der Waals surface area contributed by atoms with Crippen LogP contribution in [0, 0.1) is 0 Å². The van der Waals surface area contributed by atoms with Crippen molar-refractivity contribution in [3.05, 3.63) is 170 Å². The van der Waals surface area contributed by atoms with Gasteiger partial charge < -0.3 is 9.47 Å². The van der Waals surface area contributed by atoms with E-state index in [9.17, 15) is 0 Å². The van der Waals surface area contributed by atoms with Crippen molar-refractivity contribution in [2.24, 2.45) is 0 Å². The molecule has 0 spiro atoms. The summed E-state index contributed by atoms with van der Waals surface area (Å²) in [5, 5.41) is 0. The van der Waals surface area contributed by atoms with Crippen LogP contribution in [-0.2, 0) is 0 Å². The topological polar surface area (TPSA) is 18.5 Å². The molecule has 214 valence electrons. The maximum Gasteiger partial charge on any atom is 0.256 e. The van der Waals surface area contributed by atoms with Crippen molar-refractivity contribution in [2.75, 3.05) is 0 Å². The van der Waals surface area contributed by atoms with E-state index in [0.29, 0.717) is 0 Å². The first-order valence-electron chi connectivity index (χ1n) is 15.8. The lowest BCUT2D eigenvalue weighted by atomic mass is 9.31. The summed E-state index contributed by atoms with van der Waals surface area (Å²) >= 11 is 0. The van der Waals surface area contributed by atoms with Crippen LogP contribution in [0.1, 0.15) is 0 Å². The Hall–Kier alpha value is -5.73. The summed E-state index contributed by atoms with van der Waals surface area (Å²) in [4.78, 5) is 0. The first-order valence-corrected chi connectivity index (χ1v) is 15.8. The van der Waals surface area contributed by atoms with E-state index in [4.69, 9.17) is 9.47 Å². The quantitative estimate of drug-likeness (QED) is 0.227. The second kappa shape index (κ2) is 11.0. The fourth-order valence-electron chi connectivity index (χ4n) is 7.39. The molecule has 4 heteroatoms. The maximum absolute atomic E-state index is 7.01. The molecule has 0 aliphatic carbocycles. The van der Waals surface area contributed by atoms with Crippen LogP contribution in [0.3, 0.4) is 0 Å². The molecule has 0 bridgehead atoms. The second-order valence-electron chi connectivity index (χ2n) is 11.9. The van der Waals surface area contributed by atoms with Gasteiger partial charge in [-0.25, -0.2) is 0 Å². The number of ether oxygens (including phenoxy) is 2. The van der Waals surface area contributed by atoms with Crippen molar-refractivity contribution in [3.63, 3.8) is 0 Å². The highest BCUT2D eigenvalue weighted by molar-refractivity contribution is 7.01. The highest BCUT2D eigenvalue weighted by Crippen LogP contribution is 2.33. The SMILES string of the molecule is c1ccc(-c2ccccc2B2c3ccccc3Oc3c2ccc2c3B(c3ccccc3-c3ccccc3)c3ccccc3O2)cc1. The van der Waals surface area contributed by atoms with Crippen molar-refractivity contribution < 1.29 is 9.47 Å². The lowest BCUT2D eigenvalue weighted by Gasteiger charge is -2.34. The van der Waals surface area contributed by atoms with E-state index >= 15 is 0 Å². The Labute approximate surface area is 270 Å². The summed E-state index contributed by atoms with van der Waals surface area (Å²) in [5.74, 6) is 3.47. The second-order valence-corrected chi connectivity index (χ2v) is 11.9. The average Bonchev–Trinajstić information content (AvgIpc) is 3.13. The van der Waals surface area contributed by atoms with Gasteiger partial charge in [-0.05, 0) is 56.8 Å². The Morgan fingerprint density at radius 1 is 0.304 bits per heavy atom. The van der Waals surface area contributed by atoms with Gasteiger partial charge in [0.05, 0.1) is 0 Å². The number of fused-ring (bicyclic) bond motifs is 5. The molecule has 0 saturated heterocycles. The molecule has 7 aromatic carbocycles. The van der Waals surface area contributed by atoms with Gasteiger partial charge in [0.1, 0.15) is 23.0 Å². The predicted octanol–water partition coefficient (Wildman–Crippen LogP) is 6.26. The Bertz CT molecular complexity index is 2230. The molecule has 0 saturated carbocycles. The largest absolute Gasteiger partial charge is 0.459 e. The molecule has 0 aromatic heterocycles. The molecular weight excluding hydrogens is 558 g/mol. The molecule has 0 amide bonds. The molecule has 2 heterocycles. The van der Waals surface area contributed by atoms with Gasteiger partial charge in [0.2, 0.25) is 0 Å². The van der Waals surface area contributed by atoms with E-state index in [2.05, 4.69) is 164 Å². The van der Waals surface area contributed by atoms with Crippen LogP contribution in [0.4, 0.5) is 0 Å². The minimum Gasteiger partial charge on any atom is -0.459 e. The van der Waals surface area contributed by atoms with E-state index in [1.165, 1.54) is 33.2 Å². The van der Waals surface area contributed by atoms with Gasteiger partial charge in [-0.3, -0.25) is 0 Å². The average molecular weight is 586 g/mol. The lowest BCUT2D eigenvalue weighted by Crippen LogP contribution is -2.61. The van der Waals surface area contributed by atoms with E-state index in [-0.39, 0.29) is 13.4 Å². The van der Waals surface area contributed by atoms with Gasteiger partial charge >= 0.3 is 0 Å². The van der Waals surface area contributed by atoms with Crippen molar-refractivity contribution in [1.29, 1.82) is 0 Å². The Morgan fingerprint density at radius 2 is 0.761 bits per heavy atom. The molecule has 7 aromatic rings. The smallest absolute Gasteiger partial charge is 0.256 e. The first kappa shape index (κ1) is 26.7. The van der Waals surface area contributed by atoms with Crippen LogP contribution in [0.5, 0.6) is 23.0 Å². The minimum atomic E-state index is -0.0958. The zero-order valence-corrected chi connectivity index (χ0v) is 25.1. The molecule has 2 aliphatic heterocycles. The third-order valence-electron chi connectivity index (χ3n) is 9.39. The fraction of sp³-hybridized carbons (Fsp3) is 0. The Kier molecular flexibility index (Phi) is 6.38. The van der Waals surface area contributed by atoms with E-state index in [0.717, 1.165) is 44.8 Å². The van der Waals surface area contributed by atoms with Crippen molar-refractivity contribution >= 4 is 46.2 Å². The molecular formula is C42H28B2O2. The predicted molar refractivity (Wildman–Crippen MR) is 193 cm³/mol. The highest BCUT2D eigenvalue weighted by atomic mass is 16.5. The number of hydrogen-bond donors (Lipinski definition) is 0. The zero-order chi connectivity index (χ0) is 30.5. The lowest BCUT2D eigenvalue weighted by molar-refractivity contribution is 0.469. The third-order valence-corrected chi connectivity index (χ3v) is 9.39. The summed E-state index contributed by atoms with van der Waals surface area (Å²) in [6, 6.07) is 60.2. The van der Waals surface area contributed by atoms with Crippen LogP contribution in [-0.4, -0.2) is 13.4 Å². The van der Waals surface area contributed by atoms with Gasteiger partial charge in [-0.15, -0.1) is 0 Å². The molecule has 0 unspecified atom stereocenters. The molecule has 0 N–H and O–H groups in total. The molecule has 46 heavy (non-hydrogen) atoms. The summed E-state index contributed by atoms with van der Waals surface area (Å²) in [6.45, 7) is -0.120. The normalized spacial score (nSPS) is 12.6. The summed E-state index contributed by atoms with van der Waals surface area (Å²) in [6.07, 6.45) is 0. The van der Waals surface area contributed by atoms with Crippen LogP contribution in [0.2, 0.25) is 0 Å². The van der Waals surface area contributed by atoms with Crippen molar-refractivity contribution in [1.82, 2.24) is 0 Å². The van der Waals surface area contributed by atoms with Crippen molar-refractivity contribution in [2.45, 2.75) is 0 Å². The van der Waals surface area contributed by atoms with Crippen LogP contribution in [0.15, 0.2) is 170 Å². The Morgan fingerprint density at radius 3 is 1.37 bits per heavy atom. The first-order chi connectivity index (χ1) is 22.8. The van der Waals surface area contributed by atoms with E-state index in [1.54, 1.807) is 0 Å². The van der Waals surface area contributed by atoms with Crippen LogP contribution in [0.25, 0.3) is 22.3 Å². The van der Waals surface area contributed by atoms with Gasteiger partial charge in [0, 0.05) is 5.46 Å². The molecule has 2 aliphatic rings. The monoisotopic (exact) mass is 586 g/mol.